The van der Waals surface area contributed by atoms with Gasteiger partial charge in [0.15, 0.2) is 0 Å². The van der Waals surface area contributed by atoms with Crippen molar-refractivity contribution < 1.29 is 13.2 Å². The van der Waals surface area contributed by atoms with Crippen LogP contribution in [0, 0.1) is 0 Å². The Morgan fingerprint density at radius 3 is 2.45 bits per heavy atom. The van der Waals surface area contributed by atoms with E-state index in [0.717, 1.165) is 24.1 Å². The summed E-state index contributed by atoms with van der Waals surface area (Å²) in [5.74, 6) is 0.559. The average molecular weight is 287 g/mol. The maximum absolute atomic E-state index is 12.7. The van der Waals surface area contributed by atoms with Gasteiger partial charge in [-0.2, -0.15) is 13.2 Å². The van der Waals surface area contributed by atoms with Crippen molar-refractivity contribution in [3.05, 3.63) is 23.4 Å². The van der Waals surface area contributed by atoms with E-state index in [1.54, 1.807) is 6.07 Å². The summed E-state index contributed by atoms with van der Waals surface area (Å²) in [6, 6.07) is 3.50. The van der Waals surface area contributed by atoms with Gasteiger partial charge in [0.1, 0.15) is 12.4 Å². The molecular formula is C14H20F3N3. The molecule has 0 radical (unpaired) electrons. The molecule has 1 aliphatic rings. The van der Waals surface area contributed by atoms with Crippen LogP contribution in [0.3, 0.4) is 0 Å². The molecular weight excluding hydrogens is 267 g/mol. The van der Waals surface area contributed by atoms with E-state index in [0.29, 0.717) is 12.4 Å². The first-order valence-corrected chi connectivity index (χ1v) is 6.84. The van der Waals surface area contributed by atoms with Crippen molar-refractivity contribution in [2.75, 3.05) is 11.4 Å². The van der Waals surface area contributed by atoms with Gasteiger partial charge in [-0.25, -0.2) is 4.98 Å². The minimum atomic E-state index is -4.22. The van der Waals surface area contributed by atoms with E-state index in [-0.39, 0.29) is 12.0 Å². The van der Waals surface area contributed by atoms with Crippen molar-refractivity contribution in [2.45, 2.75) is 51.4 Å². The summed E-state index contributed by atoms with van der Waals surface area (Å²) in [5, 5.41) is 0. The average Bonchev–Trinajstić information content (AvgIpc) is 3.18. The third-order valence-corrected chi connectivity index (χ3v) is 3.35. The number of nitrogens with zero attached hydrogens (tertiary/aromatic N) is 2. The van der Waals surface area contributed by atoms with E-state index >= 15 is 0 Å². The lowest BCUT2D eigenvalue weighted by Crippen LogP contribution is -2.36. The maximum atomic E-state index is 12.7. The highest BCUT2D eigenvalue weighted by atomic mass is 19.4. The van der Waals surface area contributed by atoms with Gasteiger partial charge in [0.25, 0.3) is 0 Å². The van der Waals surface area contributed by atoms with Crippen molar-refractivity contribution in [3.8, 4) is 0 Å². The fourth-order valence-corrected chi connectivity index (χ4v) is 2.13. The van der Waals surface area contributed by atoms with Gasteiger partial charge in [-0.05, 0) is 36.5 Å². The number of hydrogen-bond donors (Lipinski definition) is 1. The number of hydrogen-bond acceptors (Lipinski definition) is 3. The minimum absolute atomic E-state index is 0.0443. The monoisotopic (exact) mass is 287 g/mol. The maximum Gasteiger partial charge on any atom is 0.405 e. The fourth-order valence-electron chi connectivity index (χ4n) is 2.13. The fraction of sp³-hybridized carbons (Fsp3) is 0.643. The molecule has 1 fully saturated rings. The Hall–Kier alpha value is -1.30. The lowest BCUT2D eigenvalue weighted by Gasteiger charge is -2.26. The molecule has 3 nitrogen and oxygen atoms in total. The topological polar surface area (TPSA) is 42.1 Å². The molecule has 6 heteroatoms. The first-order valence-electron chi connectivity index (χ1n) is 6.84. The Labute approximate surface area is 117 Å². The molecule has 1 aliphatic carbocycles. The molecule has 112 valence electrons. The van der Waals surface area contributed by atoms with E-state index in [9.17, 15) is 13.2 Å². The quantitative estimate of drug-likeness (QED) is 0.904. The van der Waals surface area contributed by atoms with Crippen molar-refractivity contribution in [1.82, 2.24) is 4.98 Å². The summed E-state index contributed by atoms with van der Waals surface area (Å²) >= 11 is 0. The van der Waals surface area contributed by atoms with Crippen molar-refractivity contribution >= 4 is 5.82 Å². The lowest BCUT2D eigenvalue weighted by molar-refractivity contribution is -0.120. The van der Waals surface area contributed by atoms with E-state index in [1.807, 2.05) is 19.9 Å². The number of anilines is 1. The van der Waals surface area contributed by atoms with Crippen LogP contribution in [0.2, 0.25) is 0 Å². The summed E-state index contributed by atoms with van der Waals surface area (Å²) in [5.41, 5.74) is 7.25. The second kappa shape index (κ2) is 5.60. The Kier molecular flexibility index (Phi) is 4.22. The molecule has 0 spiro atoms. The number of halogens is 3. The van der Waals surface area contributed by atoms with E-state index < -0.39 is 12.7 Å². The predicted octanol–water partition coefficient (Wildman–Crippen LogP) is 3.19. The van der Waals surface area contributed by atoms with Gasteiger partial charge in [0, 0.05) is 18.3 Å². The molecule has 0 saturated heterocycles. The first kappa shape index (κ1) is 15.1. The zero-order chi connectivity index (χ0) is 14.9. The molecule has 2 N–H and O–H groups in total. The number of alkyl halides is 3. The molecule has 0 aromatic carbocycles. The molecule has 2 rings (SSSR count). The SMILES string of the molecule is CC(C)c1cc(CN)cc(N(CC(F)(F)F)C2CC2)n1. The van der Waals surface area contributed by atoms with Gasteiger partial charge in [0.2, 0.25) is 0 Å². The molecule has 1 saturated carbocycles. The van der Waals surface area contributed by atoms with Crippen LogP contribution in [0.15, 0.2) is 12.1 Å². The molecule has 0 atom stereocenters. The normalized spacial score (nSPS) is 15.8. The predicted molar refractivity (Wildman–Crippen MR) is 72.6 cm³/mol. The molecule has 0 aliphatic heterocycles. The molecule has 0 bridgehead atoms. The van der Waals surface area contributed by atoms with Crippen LogP contribution < -0.4 is 10.6 Å². The molecule has 1 heterocycles. The van der Waals surface area contributed by atoms with Gasteiger partial charge < -0.3 is 10.6 Å². The second-order valence-corrected chi connectivity index (χ2v) is 5.59. The van der Waals surface area contributed by atoms with E-state index in [4.69, 9.17) is 5.73 Å². The largest absolute Gasteiger partial charge is 0.405 e. The van der Waals surface area contributed by atoms with Crippen molar-refractivity contribution in [2.24, 2.45) is 5.73 Å². The number of rotatable bonds is 5. The van der Waals surface area contributed by atoms with Gasteiger partial charge in [-0.1, -0.05) is 13.8 Å². The minimum Gasteiger partial charge on any atom is -0.345 e. The van der Waals surface area contributed by atoms with Crippen molar-refractivity contribution in [3.63, 3.8) is 0 Å². The Morgan fingerprint density at radius 1 is 1.35 bits per heavy atom. The van der Waals surface area contributed by atoms with Crippen LogP contribution in [0.5, 0.6) is 0 Å². The number of nitrogens with two attached hydrogens (primary N) is 1. The highest BCUT2D eigenvalue weighted by molar-refractivity contribution is 5.46. The summed E-state index contributed by atoms with van der Waals surface area (Å²) < 4.78 is 38.2. The van der Waals surface area contributed by atoms with Crippen LogP contribution in [0.1, 0.15) is 43.9 Å². The van der Waals surface area contributed by atoms with Crippen LogP contribution in [-0.2, 0) is 6.54 Å². The lowest BCUT2D eigenvalue weighted by atomic mass is 10.1. The molecule has 20 heavy (non-hydrogen) atoms. The Morgan fingerprint density at radius 2 is 2.00 bits per heavy atom. The van der Waals surface area contributed by atoms with Crippen LogP contribution >= 0.6 is 0 Å². The van der Waals surface area contributed by atoms with Gasteiger partial charge >= 0.3 is 6.18 Å². The zero-order valence-electron chi connectivity index (χ0n) is 11.7. The molecule has 1 aromatic heterocycles. The number of pyridine rings is 1. The Balaban J connectivity index is 2.34. The summed E-state index contributed by atoms with van der Waals surface area (Å²) in [6.07, 6.45) is -2.63. The summed E-state index contributed by atoms with van der Waals surface area (Å²) in [4.78, 5) is 5.76. The highest BCUT2D eigenvalue weighted by Gasteiger charge is 2.39. The standard InChI is InChI=1S/C14H20F3N3/c1-9(2)12-5-10(7-18)6-13(19-12)20(11-3-4-11)8-14(15,16)17/h5-6,9,11H,3-4,7-8,18H2,1-2H3. The second-order valence-electron chi connectivity index (χ2n) is 5.59. The first-order chi connectivity index (χ1) is 9.30. The third kappa shape index (κ3) is 3.85. The smallest absolute Gasteiger partial charge is 0.345 e. The van der Waals surface area contributed by atoms with Crippen LogP contribution in [0.25, 0.3) is 0 Å². The number of aromatic nitrogens is 1. The third-order valence-electron chi connectivity index (χ3n) is 3.35. The van der Waals surface area contributed by atoms with Gasteiger partial charge in [-0.15, -0.1) is 0 Å². The van der Waals surface area contributed by atoms with E-state index in [1.165, 1.54) is 4.90 Å². The Bertz CT molecular complexity index is 467. The van der Waals surface area contributed by atoms with Crippen LogP contribution in [0.4, 0.5) is 19.0 Å². The highest BCUT2D eigenvalue weighted by Crippen LogP contribution is 2.34. The molecule has 0 unspecified atom stereocenters. The summed E-state index contributed by atoms with van der Waals surface area (Å²) in [6.45, 7) is 3.30. The molecule has 1 aromatic rings. The van der Waals surface area contributed by atoms with Crippen molar-refractivity contribution in [1.29, 1.82) is 0 Å². The molecule has 0 amide bonds. The van der Waals surface area contributed by atoms with Gasteiger partial charge in [-0.3, -0.25) is 0 Å². The van der Waals surface area contributed by atoms with Gasteiger partial charge in [0.05, 0.1) is 0 Å². The van der Waals surface area contributed by atoms with E-state index in [2.05, 4.69) is 4.98 Å². The zero-order valence-corrected chi connectivity index (χ0v) is 11.7. The summed E-state index contributed by atoms with van der Waals surface area (Å²) in [7, 11) is 0. The van der Waals surface area contributed by atoms with Crippen LogP contribution in [-0.4, -0.2) is 23.7 Å².